The minimum Gasteiger partial charge on any atom is -0.304 e. The van der Waals surface area contributed by atoms with Crippen LogP contribution in [0.15, 0.2) is 59.8 Å². The van der Waals surface area contributed by atoms with Gasteiger partial charge in [-0.25, -0.2) is 19.2 Å². The van der Waals surface area contributed by atoms with E-state index in [9.17, 15) is 9.18 Å². The fourth-order valence-corrected chi connectivity index (χ4v) is 4.43. The largest absolute Gasteiger partial charge is 0.328 e. The molecule has 6 rings (SSSR count). The number of aromatic nitrogens is 6. The van der Waals surface area contributed by atoms with Crippen LogP contribution in [-0.2, 0) is 6.42 Å². The summed E-state index contributed by atoms with van der Waals surface area (Å²) in [6.07, 6.45) is 6.12. The van der Waals surface area contributed by atoms with Gasteiger partial charge in [0.05, 0.1) is 22.6 Å². The van der Waals surface area contributed by atoms with Crippen molar-refractivity contribution >= 4 is 22.2 Å². The lowest BCUT2D eigenvalue weighted by molar-refractivity contribution is 0.481. The Hall–Kier alpha value is -3.81. The normalized spacial score (nSPS) is 16.2. The second-order valence-corrected chi connectivity index (χ2v) is 7.54. The zero-order chi connectivity index (χ0) is 20.2. The maximum absolute atomic E-state index is 13.8. The average Bonchev–Trinajstić information content (AvgIpc) is 3.32. The quantitative estimate of drug-likeness (QED) is 0.492. The van der Waals surface area contributed by atoms with Gasteiger partial charge >= 0.3 is 5.69 Å². The smallest absolute Gasteiger partial charge is 0.304 e. The Labute approximate surface area is 169 Å². The van der Waals surface area contributed by atoms with Gasteiger partial charge in [-0.3, -0.25) is 14.1 Å². The lowest BCUT2D eigenvalue weighted by Gasteiger charge is -2.25. The highest BCUT2D eigenvalue weighted by atomic mass is 19.1. The molecule has 0 saturated carbocycles. The number of H-pyrrole nitrogens is 1. The highest BCUT2D eigenvalue weighted by Crippen LogP contribution is 2.32. The molecule has 4 aromatic heterocycles. The van der Waals surface area contributed by atoms with Crippen molar-refractivity contribution in [1.29, 1.82) is 0 Å². The van der Waals surface area contributed by atoms with Gasteiger partial charge < -0.3 is 4.98 Å². The molecule has 0 saturated heterocycles. The summed E-state index contributed by atoms with van der Waals surface area (Å²) >= 11 is 0. The molecule has 0 fully saturated rings. The molecule has 8 heteroatoms. The van der Waals surface area contributed by atoms with E-state index in [-0.39, 0.29) is 17.5 Å². The number of imidazole rings is 2. The number of fused-ring (bicyclic) bond motifs is 3. The van der Waals surface area contributed by atoms with Crippen LogP contribution in [0.5, 0.6) is 0 Å². The molecule has 0 aliphatic heterocycles. The van der Waals surface area contributed by atoms with Gasteiger partial charge in [-0.15, -0.1) is 0 Å². The Morgan fingerprint density at radius 1 is 1.13 bits per heavy atom. The molecule has 0 radical (unpaired) electrons. The summed E-state index contributed by atoms with van der Waals surface area (Å²) in [4.78, 5) is 29.4. The third kappa shape index (κ3) is 2.50. The molecule has 1 atom stereocenters. The molecule has 1 aliphatic carbocycles. The van der Waals surface area contributed by atoms with Gasteiger partial charge in [0.25, 0.3) is 0 Å². The SMILES string of the molecule is O=c1[nH]c2ccc(-n3cnc4ccc(F)cc43)nc2n1[C@@H]1CCCc2ncccc21. The molecule has 1 aromatic carbocycles. The Morgan fingerprint density at radius 2 is 2.07 bits per heavy atom. The number of nitrogens with one attached hydrogen (secondary N) is 1. The van der Waals surface area contributed by atoms with Gasteiger partial charge in [-0.2, -0.15) is 0 Å². The number of hydrogen-bond donors (Lipinski definition) is 1. The molecule has 0 amide bonds. The van der Waals surface area contributed by atoms with Crippen LogP contribution in [-0.4, -0.2) is 29.1 Å². The van der Waals surface area contributed by atoms with Gasteiger partial charge in [0.15, 0.2) is 5.65 Å². The van der Waals surface area contributed by atoms with Crippen LogP contribution in [0.3, 0.4) is 0 Å². The van der Waals surface area contributed by atoms with Crippen molar-refractivity contribution < 1.29 is 4.39 Å². The maximum Gasteiger partial charge on any atom is 0.328 e. The number of pyridine rings is 2. The Bertz CT molecular complexity index is 1480. The van der Waals surface area contributed by atoms with Gasteiger partial charge in [-0.05, 0) is 55.2 Å². The van der Waals surface area contributed by atoms with E-state index < -0.39 is 0 Å². The summed E-state index contributed by atoms with van der Waals surface area (Å²) < 4.78 is 17.2. The van der Waals surface area contributed by atoms with Gasteiger partial charge in [0.1, 0.15) is 18.0 Å². The number of aromatic amines is 1. The number of nitrogens with zero attached hydrogens (tertiary/aromatic N) is 5. The summed E-state index contributed by atoms with van der Waals surface area (Å²) in [6.45, 7) is 0. The first-order chi connectivity index (χ1) is 14.7. The first-order valence-electron chi connectivity index (χ1n) is 9.87. The Kier molecular flexibility index (Phi) is 3.61. The van der Waals surface area contributed by atoms with E-state index in [2.05, 4.69) is 15.0 Å². The van der Waals surface area contributed by atoms with E-state index in [0.717, 1.165) is 30.5 Å². The molecule has 1 aliphatic rings. The first kappa shape index (κ1) is 17.1. The van der Waals surface area contributed by atoms with Crippen LogP contribution in [0.25, 0.3) is 28.0 Å². The van der Waals surface area contributed by atoms with Gasteiger partial charge in [-0.1, -0.05) is 6.07 Å². The summed E-state index contributed by atoms with van der Waals surface area (Å²) in [6, 6.07) is 11.9. The Balaban J connectivity index is 1.56. The fraction of sp³-hybridized carbons (Fsp3) is 0.182. The van der Waals surface area contributed by atoms with Gasteiger partial charge in [0.2, 0.25) is 0 Å². The standard InChI is InChI=1S/C22H17FN6O/c23-13-6-7-16-19(11-13)28(12-25-16)20-9-8-17-21(27-20)29(22(30)26-17)18-5-1-4-15-14(18)3-2-10-24-15/h2-3,6-12,18H,1,4-5H2,(H,26,30)/t18-/m1/s1. The molecule has 4 heterocycles. The third-order valence-corrected chi connectivity index (χ3v) is 5.79. The van der Waals surface area contributed by atoms with E-state index in [1.807, 2.05) is 18.2 Å². The molecule has 0 bridgehead atoms. The summed E-state index contributed by atoms with van der Waals surface area (Å²) in [5.74, 6) is 0.237. The average molecular weight is 400 g/mol. The van der Waals surface area contributed by atoms with E-state index in [0.29, 0.717) is 28.0 Å². The van der Waals surface area contributed by atoms with Crippen molar-refractivity contribution in [1.82, 2.24) is 29.1 Å². The van der Waals surface area contributed by atoms with Crippen molar-refractivity contribution in [2.75, 3.05) is 0 Å². The number of aryl methyl sites for hydroxylation is 1. The second kappa shape index (κ2) is 6.35. The molecular weight excluding hydrogens is 383 g/mol. The number of halogens is 1. The molecule has 0 spiro atoms. The molecule has 0 unspecified atom stereocenters. The minimum atomic E-state index is -0.338. The summed E-state index contributed by atoms with van der Waals surface area (Å²) in [5.41, 5.74) is 4.43. The molecule has 5 aromatic rings. The highest BCUT2D eigenvalue weighted by molar-refractivity contribution is 5.78. The van der Waals surface area contributed by atoms with Crippen LogP contribution in [0.4, 0.5) is 4.39 Å². The van der Waals surface area contributed by atoms with Crippen molar-refractivity contribution in [3.05, 3.63) is 82.5 Å². The van der Waals surface area contributed by atoms with Crippen LogP contribution >= 0.6 is 0 Å². The van der Waals surface area contributed by atoms with E-state index in [1.54, 1.807) is 33.8 Å². The van der Waals surface area contributed by atoms with E-state index in [4.69, 9.17) is 4.98 Å². The molecule has 148 valence electrons. The molecule has 7 nitrogen and oxygen atoms in total. The zero-order valence-corrected chi connectivity index (χ0v) is 15.9. The third-order valence-electron chi connectivity index (χ3n) is 5.79. The predicted molar refractivity (Wildman–Crippen MR) is 110 cm³/mol. The lowest BCUT2D eigenvalue weighted by Crippen LogP contribution is -2.27. The van der Waals surface area contributed by atoms with Crippen molar-refractivity contribution in [3.8, 4) is 5.82 Å². The zero-order valence-electron chi connectivity index (χ0n) is 15.9. The highest BCUT2D eigenvalue weighted by Gasteiger charge is 2.26. The van der Waals surface area contributed by atoms with Crippen LogP contribution in [0, 0.1) is 5.82 Å². The number of rotatable bonds is 2. The van der Waals surface area contributed by atoms with Gasteiger partial charge in [0, 0.05) is 18.0 Å². The van der Waals surface area contributed by atoms with E-state index in [1.165, 1.54) is 12.1 Å². The van der Waals surface area contributed by atoms with Crippen molar-refractivity contribution in [2.24, 2.45) is 0 Å². The lowest BCUT2D eigenvalue weighted by atomic mass is 9.91. The monoisotopic (exact) mass is 400 g/mol. The minimum absolute atomic E-state index is 0.122. The summed E-state index contributed by atoms with van der Waals surface area (Å²) in [5, 5.41) is 0. The summed E-state index contributed by atoms with van der Waals surface area (Å²) in [7, 11) is 0. The van der Waals surface area contributed by atoms with E-state index >= 15 is 0 Å². The van der Waals surface area contributed by atoms with Crippen LogP contribution in [0.2, 0.25) is 0 Å². The molecule has 30 heavy (non-hydrogen) atoms. The van der Waals surface area contributed by atoms with Crippen molar-refractivity contribution in [3.63, 3.8) is 0 Å². The number of hydrogen-bond acceptors (Lipinski definition) is 4. The van der Waals surface area contributed by atoms with Crippen LogP contribution < -0.4 is 5.69 Å². The number of benzene rings is 1. The first-order valence-corrected chi connectivity index (χ1v) is 9.87. The predicted octanol–water partition coefficient (Wildman–Crippen LogP) is 3.52. The topological polar surface area (TPSA) is 81.4 Å². The Morgan fingerprint density at radius 3 is 3.00 bits per heavy atom. The molecular formula is C22H17FN6O. The second-order valence-electron chi connectivity index (χ2n) is 7.54. The fourth-order valence-electron chi connectivity index (χ4n) is 4.43. The molecule has 1 N–H and O–H groups in total. The van der Waals surface area contributed by atoms with Crippen LogP contribution in [0.1, 0.15) is 30.1 Å². The van der Waals surface area contributed by atoms with Crippen molar-refractivity contribution in [2.45, 2.75) is 25.3 Å². The maximum atomic E-state index is 13.8.